The molecule has 1 N–H and O–H groups in total. The van der Waals surface area contributed by atoms with Gasteiger partial charge in [-0.15, -0.1) is 0 Å². The first-order valence-electron chi connectivity index (χ1n) is 5.18. The van der Waals surface area contributed by atoms with E-state index in [2.05, 4.69) is 11.8 Å². The molecule has 70 valence electrons. The Kier molecular flexibility index (Phi) is 2.37. The third-order valence-corrected chi connectivity index (χ3v) is 3.29. The van der Waals surface area contributed by atoms with Crippen molar-refractivity contribution in [1.82, 2.24) is 4.90 Å². The summed E-state index contributed by atoms with van der Waals surface area (Å²) in [5.41, 5.74) is 0. The second-order valence-electron chi connectivity index (χ2n) is 4.52. The molecule has 12 heavy (non-hydrogen) atoms. The highest BCUT2D eigenvalue weighted by molar-refractivity contribution is 4.88. The van der Waals surface area contributed by atoms with Crippen LogP contribution < -0.4 is 0 Å². The van der Waals surface area contributed by atoms with Gasteiger partial charge < -0.3 is 5.11 Å². The van der Waals surface area contributed by atoms with E-state index in [1.807, 2.05) is 0 Å². The van der Waals surface area contributed by atoms with Crippen LogP contribution in [-0.2, 0) is 0 Å². The summed E-state index contributed by atoms with van der Waals surface area (Å²) in [4.78, 5) is 2.57. The van der Waals surface area contributed by atoms with Crippen molar-refractivity contribution >= 4 is 0 Å². The van der Waals surface area contributed by atoms with Crippen LogP contribution in [0.5, 0.6) is 0 Å². The fraction of sp³-hybridized carbons (Fsp3) is 1.00. The Morgan fingerprint density at radius 2 is 2.08 bits per heavy atom. The normalized spacial score (nSPS) is 44.0. The molecule has 0 aromatic heterocycles. The minimum atomic E-state index is 0.00670. The van der Waals surface area contributed by atoms with Gasteiger partial charge in [0.2, 0.25) is 0 Å². The van der Waals surface area contributed by atoms with Crippen LogP contribution in [0.25, 0.3) is 0 Å². The van der Waals surface area contributed by atoms with Gasteiger partial charge in [0.25, 0.3) is 0 Å². The molecule has 0 aromatic carbocycles. The largest absolute Gasteiger partial charge is 0.393 e. The van der Waals surface area contributed by atoms with Gasteiger partial charge in [-0.1, -0.05) is 6.92 Å². The Hall–Kier alpha value is -0.0800. The minimum Gasteiger partial charge on any atom is -0.393 e. The number of likely N-dealkylation sites (tertiary alicyclic amines) is 1. The number of piperidine rings is 1. The summed E-state index contributed by atoms with van der Waals surface area (Å²) in [6.07, 6.45) is 4.80. The van der Waals surface area contributed by atoms with E-state index in [0.29, 0.717) is 6.04 Å². The Bertz CT molecular complexity index is 154. The number of aliphatic hydroxyl groups excluding tert-OH is 1. The Morgan fingerprint density at radius 1 is 1.33 bits per heavy atom. The molecule has 1 saturated carbocycles. The smallest absolute Gasteiger partial charge is 0.0570 e. The van der Waals surface area contributed by atoms with Crippen LogP contribution >= 0.6 is 0 Å². The van der Waals surface area contributed by atoms with Gasteiger partial charge in [-0.3, -0.25) is 4.90 Å². The first kappa shape index (κ1) is 8.52. The summed E-state index contributed by atoms with van der Waals surface area (Å²) in [6.45, 7) is 4.86. The molecule has 2 rings (SSSR count). The second-order valence-corrected chi connectivity index (χ2v) is 4.52. The number of hydrogen-bond acceptors (Lipinski definition) is 2. The number of nitrogens with zero attached hydrogens (tertiary/aromatic N) is 1. The lowest BCUT2D eigenvalue weighted by Gasteiger charge is -2.44. The fourth-order valence-electron chi connectivity index (χ4n) is 2.41. The van der Waals surface area contributed by atoms with Gasteiger partial charge in [-0.25, -0.2) is 0 Å². The molecule has 2 heteroatoms. The predicted octanol–water partition coefficient (Wildman–Crippen LogP) is 1.24. The van der Waals surface area contributed by atoms with E-state index in [-0.39, 0.29) is 6.10 Å². The topological polar surface area (TPSA) is 23.5 Å². The van der Waals surface area contributed by atoms with Gasteiger partial charge in [0.05, 0.1) is 6.10 Å². The molecule has 1 aliphatic heterocycles. The van der Waals surface area contributed by atoms with E-state index < -0.39 is 0 Å². The van der Waals surface area contributed by atoms with Crippen molar-refractivity contribution < 1.29 is 5.11 Å². The third-order valence-electron chi connectivity index (χ3n) is 3.29. The fourth-order valence-corrected chi connectivity index (χ4v) is 2.41. The summed E-state index contributed by atoms with van der Waals surface area (Å²) in [7, 11) is 0. The molecule has 1 saturated heterocycles. The van der Waals surface area contributed by atoms with Crippen LogP contribution in [0.3, 0.4) is 0 Å². The van der Waals surface area contributed by atoms with Crippen molar-refractivity contribution in [3.05, 3.63) is 0 Å². The standard InChI is InChI=1S/C10H19NO/c1-8-3-2-4-11(7-8)9-5-10(12)6-9/h8-10,12H,2-7H2,1H3/t8-,9-,10+/m1/s1. The average molecular weight is 169 g/mol. The van der Waals surface area contributed by atoms with Gasteiger partial charge in [0.15, 0.2) is 0 Å². The van der Waals surface area contributed by atoms with Crippen molar-refractivity contribution in [2.75, 3.05) is 13.1 Å². The van der Waals surface area contributed by atoms with E-state index >= 15 is 0 Å². The number of rotatable bonds is 1. The highest BCUT2D eigenvalue weighted by atomic mass is 16.3. The highest BCUT2D eigenvalue weighted by Crippen LogP contribution is 2.29. The number of hydrogen-bond donors (Lipinski definition) is 1. The minimum absolute atomic E-state index is 0.00670. The Morgan fingerprint density at radius 3 is 2.67 bits per heavy atom. The van der Waals surface area contributed by atoms with Crippen LogP contribution in [-0.4, -0.2) is 35.2 Å². The molecule has 0 amide bonds. The molecule has 0 spiro atoms. The van der Waals surface area contributed by atoms with E-state index in [9.17, 15) is 5.11 Å². The molecule has 1 heterocycles. The summed E-state index contributed by atoms with van der Waals surface area (Å²) in [5, 5.41) is 9.19. The van der Waals surface area contributed by atoms with Gasteiger partial charge in [-0.2, -0.15) is 0 Å². The van der Waals surface area contributed by atoms with Gasteiger partial charge in [-0.05, 0) is 38.1 Å². The second kappa shape index (κ2) is 3.35. The van der Waals surface area contributed by atoms with Crippen molar-refractivity contribution in [1.29, 1.82) is 0 Å². The molecule has 0 aromatic rings. The first-order chi connectivity index (χ1) is 5.75. The molecule has 0 bridgehead atoms. The van der Waals surface area contributed by atoms with Gasteiger partial charge in [0.1, 0.15) is 0 Å². The van der Waals surface area contributed by atoms with E-state index in [1.165, 1.54) is 25.9 Å². The monoisotopic (exact) mass is 169 g/mol. The van der Waals surface area contributed by atoms with Crippen LogP contribution in [0.15, 0.2) is 0 Å². The van der Waals surface area contributed by atoms with Gasteiger partial charge in [0, 0.05) is 12.6 Å². The Balaban J connectivity index is 1.80. The molecular formula is C10H19NO. The lowest BCUT2D eigenvalue weighted by atomic mass is 9.86. The zero-order valence-electron chi connectivity index (χ0n) is 7.87. The summed E-state index contributed by atoms with van der Waals surface area (Å²) in [6, 6.07) is 0.711. The maximum atomic E-state index is 9.19. The summed E-state index contributed by atoms with van der Waals surface area (Å²) in [5.74, 6) is 0.872. The average Bonchev–Trinajstić information content (AvgIpc) is 1.99. The quantitative estimate of drug-likeness (QED) is 0.638. The number of aliphatic hydroxyl groups is 1. The third kappa shape index (κ3) is 1.64. The van der Waals surface area contributed by atoms with Crippen LogP contribution in [0, 0.1) is 5.92 Å². The maximum Gasteiger partial charge on any atom is 0.0570 e. The highest BCUT2D eigenvalue weighted by Gasteiger charge is 2.33. The predicted molar refractivity (Wildman–Crippen MR) is 49.0 cm³/mol. The van der Waals surface area contributed by atoms with Crippen LogP contribution in [0.4, 0.5) is 0 Å². The zero-order chi connectivity index (χ0) is 8.55. The van der Waals surface area contributed by atoms with Gasteiger partial charge >= 0.3 is 0 Å². The zero-order valence-corrected chi connectivity index (χ0v) is 7.87. The molecule has 1 aliphatic carbocycles. The van der Waals surface area contributed by atoms with E-state index in [4.69, 9.17) is 0 Å². The summed E-state index contributed by atoms with van der Waals surface area (Å²) < 4.78 is 0. The molecule has 2 aliphatic rings. The molecule has 2 nitrogen and oxygen atoms in total. The van der Waals surface area contributed by atoms with Crippen LogP contribution in [0.2, 0.25) is 0 Å². The Labute approximate surface area is 74.6 Å². The first-order valence-corrected chi connectivity index (χ1v) is 5.18. The van der Waals surface area contributed by atoms with Crippen LogP contribution in [0.1, 0.15) is 32.6 Å². The lowest BCUT2D eigenvalue weighted by molar-refractivity contribution is -0.0133. The lowest BCUT2D eigenvalue weighted by Crippen LogP contribution is -2.50. The van der Waals surface area contributed by atoms with Crippen molar-refractivity contribution in [3.63, 3.8) is 0 Å². The molecule has 0 radical (unpaired) electrons. The van der Waals surface area contributed by atoms with Crippen molar-refractivity contribution in [2.24, 2.45) is 5.92 Å². The molecule has 1 atom stereocenters. The van der Waals surface area contributed by atoms with E-state index in [1.54, 1.807) is 0 Å². The SMILES string of the molecule is C[C@@H]1CCCN([C@H]2C[C@@H](O)C2)C1. The maximum absolute atomic E-state index is 9.19. The van der Waals surface area contributed by atoms with E-state index in [0.717, 1.165) is 18.8 Å². The molecule has 0 unspecified atom stereocenters. The summed E-state index contributed by atoms with van der Waals surface area (Å²) >= 11 is 0. The molecular weight excluding hydrogens is 150 g/mol. The van der Waals surface area contributed by atoms with Crippen molar-refractivity contribution in [2.45, 2.75) is 44.8 Å². The molecule has 2 fully saturated rings. The van der Waals surface area contributed by atoms with Crippen molar-refractivity contribution in [3.8, 4) is 0 Å².